The highest BCUT2D eigenvalue weighted by molar-refractivity contribution is 6.27. The van der Waals surface area contributed by atoms with Gasteiger partial charge in [-0.2, -0.15) is 0 Å². The molecule has 2 aromatic rings. The summed E-state index contributed by atoms with van der Waals surface area (Å²) in [5, 5.41) is 6.79. The molecule has 132 valence electrons. The van der Waals surface area contributed by atoms with Gasteiger partial charge in [-0.3, -0.25) is 29.4 Å². The first-order valence-corrected chi connectivity index (χ1v) is 8.53. The Balaban J connectivity index is 1.86. The van der Waals surface area contributed by atoms with Crippen molar-refractivity contribution >= 4 is 40.1 Å². The fraction of sp³-hybridized carbons (Fsp3) is 0.263. The molecule has 2 heterocycles. The maximum Gasteiger partial charge on any atom is 0.262 e. The molecule has 0 aromatic heterocycles. The van der Waals surface area contributed by atoms with Crippen molar-refractivity contribution in [2.75, 3.05) is 11.9 Å². The number of carbonyl (C=O) groups excluding carboxylic acids is 4. The number of rotatable bonds is 3. The first-order chi connectivity index (χ1) is 12.5. The van der Waals surface area contributed by atoms with Crippen LogP contribution in [0.3, 0.4) is 0 Å². The normalized spacial score (nSPS) is 19.7. The van der Waals surface area contributed by atoms with Gasteiger partial charge in [0.2, 0.25) is 11.8 Å². The van der Waals surface area contributed by atoms with E-state index in [4.69, 9.17) is 0 Å². The monoisotopic (exact) mass is 351 g/mol. The molecule has 7 nitrogen and oxygen atoms in total. The minimum atomic E-state index is -0.973. The quantitative estimate of drug-likeness (QED) is 0.820. The third-order valence-electron chi connectivity index (χ3n) is 4.78. The van der Waals surface area contributed by atoms with E-state index < -0.39 is 23.8 Å². The Morgan fingerprint density at radius 3 is 2.62 bits per heavy atom. The summed E-state index contributed by atoms with van der Waals surface area (Å²) in [5.41, 5.74) is 1.56. The maximum absolute atomic E-state index is 13.1. The lowest BCUT2D eigenvalue weighted by Gasteiger charge is -2.34. The van der Waals surface area contributed by atoms with Crippen LogP contribution in [0.5, 0.6) is 0 Å². The SMILES string of the molecule is CCNc1cc2c3c(cccc3c1)C(=O)N(C1CCC(=O)NC1=O)C2=O. The molecule has 2 aromatic carbocycles. The molecule has 2 aliphatic heterocycles. The zero-order valence-electron chi connectivity index (χ0n) is 14.2. The molecule has 4 rings (SSSR count). The lowest BCUT2D eigenvalue weighted by molar-refractivity contribution is -0.136. The van der Waals surface area contributed by atoms with Gasteiger partial charge in [0, 0.05) is 29.6 Å². The Hall–Kier alpha value is -3.22. The average molecular weight is 351 g/mol. The molecule has 0 spiro atoms. The molecule has 0 saturated carbocycles. The van der Waals surface area contributed by atoms with Crippen LogP contribution in [0.15, 0.2) is 30.3 Å². The summed E-state index contributed by atoms with van der Waals surface area (Å²) in [6, 6.07) is 7.90. The van der Waals surface area contributed by atoms with Gasteiger partial charge in [-0.1, -0.05) is 12.1 Å². The number of imide groups is 2. The van der Waals surface area contributed by atoms with E-state index >= 15 is 0 Å². The summed E-state index contributed by atoms with van der Waals surface area (Å²) in [6.45, 7) is 2.64. The van der Waals surface area contributed by atoms with E-state index in [1.54, 1.807) is 18.2 Å². The summed E-state index contributed by atoms with van der Waals surface area (Å²) in [6.07, 6.45) is 0.238. The van der Waals surface area contributed by atoms with Gasteiger partial charge in [0.25, 0.3) is 11.8 Å². The summed E-state index contributed by atoms with van der Waals surface area (Å²) in [7, 11) is 0. The van der Waals surface area contributed by atoms with E-state index in [1.165, 1.54) is 0 Å². The smallest absolute Gasteiger partial charge is 0.262 e. The standard InChI is InChI=1S/C19H17N3O4/c1-2-20-11-8-10-4-3-5-12-16(10)13(9-11)19(26)22(18(12)25)14-6-7-15(23)21-17(14)24/h3-5,8-9,14,20H,2,6-7H2,1H3,(H,21,23,24). The van der Waals surface area contributed by atoms with Gasteiger partial charge in [0.05, 0.1) is 5.56 Å². The Morgan fingerprint density at radius 2 is 1.88 bits per heavy atom. The number of piperidine rings is 1. The lowest BCUT2D eigenvalue weighted by atomic mass is 9.91. The zero-order valence-corrected chi connectivity index (χ0v) is 14.2. The molecule has 7 heteroatoms. The fourth-order valence-electron chi connectivity index (χ4n) is 3.64. The molecule has 1 saturated heterocycles. The third-order valence-corrected chi connectivity index (χ3v) is 4.78. The van der Waals surface area contributed by atoms with E-state index in [-0.39, 0.29) is 18.7 Å². The minimum absolute atomic E-state index is 0.0992. The van der Waals surface area contributed by atoms with Crippen molar-refractivity contribution < 1.29 is 19.2 Å². The van der Waals surface area contributed by atoms with Crippen molar-refractivity contribution in [1.82, 2.24) is 10.2 Å². The molecular formula is C19H17N3O4. The van der Waals surface area contributed by atoms with Crippen LogP contribution < -0.4 is 10.6 Å². The van der Waals surface area contributed by atoms with E-state index in [0.29, 0.717) is 23.1 Å². The third kappa shape index (κ3) is 2.35. The van der Waals surface area contributed by atoms with E-state index in [2.05, 4.69) is 10.6 Å². The second-order valence-electron chi connectivity index (χ2n) is 6.41. The van der Waals surface area contributed by atoms with Gasteiger partial charge in [-0.15, -0.1) is 0 Å². The predicted octanol–water partition coefficient (Wildman–Crippen LogP) is 1.67. The van der Waals surface area contributed by atoms with Crippen molar-refractivity contribution in [3.05, 3.63) is 41.5 Å². The van der Waals surface area contributed by atoms with Gasteiger partial charge < -0.3 is 5.32 Å². The number of nitrogens with zero attached hydrogens (tertiary/aromatic N) is 1. The first kappa shape index (κ1) is 16.3. The van der Waals surface area contributed by atoms with E-state index in [1.807, 2.05) is 19.1 Å². The molecule has 2 aliphatic rings. The minimum Gasteiger partial charge on any atom is -0.385 e. The Bertz CT molecular complexity index is 982. The Labute approximate surface area is 149 Å². The summed E-state index contributed by atoms with van der Waals surface area (Å²) >= 11 is 0. The summed E-state index contributed by atoms with van der Waals surface area (Å²) in [5.74, 6) is -2.01. The van der Waals surface area contributed by atoms with Crippen molar-refractivity contribution in [3.8, 4) is 0 Å². The molecular weight excluding hydrogens is 334 g/mol. The second-order valence-corrected chi connectivity index (χ2v) is 6.41. The Kier molecular flexibility index (Phi) is 3.72. The van der Waals surface area contributed by atoms with Gasteiger partial charge in [-0.05, 0) is 36.9 Å². The lowest BCUT2D eigenvalue weighted by Crippen LogP contribution is -2.57. The molecule has 1 atom stereocenters. The van der Waals surface area contributed by atoms with Crippen LogP contribution in [-0.2, 0) is 9.59 Å². The Morgan fingerprint density at radius 1 is 1.12 bits per heavy atom. The van der Waals surface area contributed by atoms with Crippen molar-refractivity contribution in [3.63, 3.8) is 0 Å². The topological polar surface area (TPSA) is 95.6 Å². The number of amides is 4. The second kappa shape index (κ2) is 5.94. The van der Waals surface area contributed by atoms with Crippen molar-refractivity contribution in [2.45, 2.75) is 25.8 Å². The molecule has 1 fully saturated rings. The zero-order chi connectivity index (χ0) is 18.4. The number of nitrogens with one attached hydrogen (secondary N) is 2. The van der Waals surface area contributed by atoms with Crippen LogP contribution in [0.1, 0.15) is 40.5 Å². The number of anilines is 1. The number of carbonyl (C=O) groups is 4. The first-order valence-electron chi connectivity index (χ1n) is 8.53. The van der Waals surface area contributed by atoms with Crippen LogP contribution in [0.4, 0.5) is 5.69 Å². The molecule has 0 aliphatic carbocycles. The van der Waals surface area contributed by atoms with Crippen LogP contribution >= 0.6 is 0 Å². The van der Waals surface area contributed by atoms with Gasteiger partial charge in [0.1, 0.15) is 6.04 Å². The van der Waals surface area contributed by atoms with Crippen molar-refractivity contribution in [1.29, 1.82) is 0 Å². The van der Waals surface area contributed by atoms with Gasteiger partial charge in [-0.25, -0.2) is 0 Å². The molecule has 0 bridgehead atoms. The van der Waals surface area contributed by atoms with Crippen LogP contribution in [-0.4, -0.2) is 41.1 Å². The number of hydrogen-bond donors (Lipinski definition) is 2. The fourth-order valence-corrected chi connectivity index (χ4v) is 3.64. The number of benzene rings is 2. The maximum atomic E-state index is 13.1. The van der Waals surface area contributed by atoms with E-state index in [0.717, 1.165) is 16.0 Å². The average Bonchev–Trinajstić information content (AvgIpc) is 2.61. The highest BCUT2D eigenvalue weighted by Crippen LogP contribution is 2.34. The number of hydrogen-bond acceptors (Lipinski definition) is 5. The van der Waals surface area contributed by atoms with Crippen molar-refractivity contribution in [2.24, 2.45) is 0 Å². The molecule has 2 N–H and O–H groups in total. The van der Waals surface area contributed by atoms with E-state index in [9.17, 15) is 19.2 Å². The highest BCUT2D eigenvalue weighted by Gasteiger charge is 2.42. The predicted molar refractivity (Wildman–Crippen MR) is 94.8 cm³/mol. The van der Waals surface area contributed by atoms with Crippen LogP contribution in [0.25, 0.3) is 10.8 Å². The molecule has 26 heavy (non-hydrogen) atoms. The molecule has 4 amide bonds. The van der Waals surface area contributed by atoms with Gasteiger partial charge in [0.15, 0.2) is 0 Å². The van der Waals surface area contributed by atoms with Crippen LogP contribution in [0, 0.1) is 0 Å². The summed E-state index contributed by atoms with van der Waals surface area (Å²) < 4.78 is 0. The molecule has 0 radical (unpaired) electrons. The summed E-state index contributed by atoms with van der Waals surface area (Å²) in [4.78, 5) is 50.7. The molecule has 1 unspecified atom stereocenters. The van der Waals surface area contributed by atoms with Gasteiger partial charge >= 0.3 is 0 Å². The largest absolute Gasteiger partial charge is 0.385 e. The van der Waals surface area contributed by atoms with Crippen LogP contribution in [0.2, 0.25) is 0 Å². The highest BCUT2D eigenvalue weighted by atomic mass is 16.2.